The van der Waals surface area contributed by atoms with Crippen molar-refractivity contribution in [2.45, 2.75) is 0 Å². The Morgan fingerprint density at radius 2 is 2.00 bits per heavy atom. The predicted octanol–water partition coefficient (Wildman–Crippen LogP) is 4.26. The molecule has 2 rings (SSSR count). The third kappa shape index (κ3) is 4.22. The number of hydrogen-bond donors (Lipinski definition) is 1. The number of nitrogens with one attached hydrogen (secondary N) is 1. The Labute approximate surface area is 135 Å². The summed E-state index contributed by atoms with van der Waals surface area (Å²) in [5, 5.41) is 11.7. The van der Waals surface area contributed by atoms with E-state index in [0.717, 1.165) is 0 Å². The molecule has 0 bridgehead atoms. The number of nitrogens with zero attached hydrogens (tertiary/aromatic N) is 1. The summed E-state index contributed by atoms with van der Waals surface area (Å²) in [4.78, 5) is 12.1. The lowest BCUT2D eigenvalue weighted by Crippen LogP contribution is -2.11. The second-order valence-corrected chi connectivity index (χ2v) is 5.32. The van der Waals surface area contributed by atoms with Crippen molar-refractivity contribution in [3.8, 4) is 11.8 Å². The van der Waals surface area contributed by atoms with Crippen LogP contribution < -0.4 is 10.1 Å². The van der Waals surface area contributed by atoms with Crippen molar-refractivity contribution in [1.29, 1.82) is 5.26 Å². The Hall–Kier alpha value is -2.03. The molecule has 6 heteroatoms. The smallest absolute Gasteiger partial charge is 0.255 e. The topological polar surface area (TPSA) is 62.1 Å². The van der Waals surface area contributed by atoms with Gasteiger partial charge in [0.2, 0.25) is 0 Å². The number of anilines is 1. The zero-order chi connectivity index (χ0) is 15.2. The van der Waals surface area contributed by atoms with Gasteiger partial charge in [-0.3, -0.25) is 4.79 Å². The van der Waals surface area contributed by atoms with Crippen molar-refractivity contribution >= 4 is 39.1 Å². The van der Waals surface area contributed by atoms with Crippen LogP contribution >= 0.6 is 27.5 Å². The van der Waals surface area contributed by atoms with Crippen LogP contribution in [0.15, 0.2) is 46.9 Å². The van der Waals surface area contributed by atoms with E-state index in [4.69, 9.17) is 21.6 Å². The van der Waals surface area contributed by atoms with E-state index in [1.54, 1.807) is 42.5 Å². The summed E-state index contributed by atoms with van der Waals surface area (Å²) in [6.45, 7) is -0.00942. The van der Waals surface area contributed by atoms with Gasteiger partial charge in [-0.2, -0.15) is 5.26 Å². The van der Waals surface area contributed by atoms with Crippen molar-refractivity contribution in [2.75, 3.05) is 11.9 Å². The van der Waals surface area contributed by atoms with Crippen LogP contribution in [0.1, 0.15) is 10.4 Å². The largest absolute Gasteiger partial charge is 0.479 e. The Bertz CT molecular complexity index is 696. The zero-order valence-electron chi connectivity index (χ0n) is 10.8. The molecule has 2 aromatic rings. The Balaban J connectivity index is 2.05. The first-order chi connectivity index (χ1) is 10.1. The maximum atomic E-state index is 12.1. The average molecular weight is 366 g/mol. The number of carbonyl (C=O) groups excluding carboxylic acids is 1. The highest BCUT2D eigenvalue weighted by atomic mass is 79.9. The summed E-state index contributed by atoms with van der Waals surface area (Å²) >= 11 is 9.17. The molecule has 1 amide bonds. The Morgan fingerprint density at radius 3 is 2.62 bits per heavy atom. The normalized spacial score (nSPS) is 9.76. The van der Waals surface area contributed by atoms with Gasteiger partial charge in [0.25, 0.3) is 5.91 Å². The molecule has 0 aliphatic rings. The van der Waals surface area contributed by atoms with Crippen LogP contribution in [-0.4, -0.2) is 12.5 Å². The number of amides is 1. The van der Waals surface area contributed by atoms with E-state index in [9.17, 15) is 4.79 Å². The fourth-order valence-electron chi connectivity index (χ4n) is 1.59. The number of halogens is 2. The van der Waals surface area contributed by atoms with Gasteiger partial charge in [0, 0.05) is 15.7 Å². The predicted molar refractivity (Wildman–Crippen MR) is 84.7 cm³/mol. The van der Waals surface area contributed by atoms with E-state index in [0.29, 0.717) is 26.5 Å². The van der Waals surface area contributed by atoms with Crippen LogP contribution in [0.3, 0.4) is 0 Å². The molecular formula is C15H10BrClN2O2. The van der Waals surface area contributed by atoms with Gasteiger partial charge in [-0.15, -0.1) is 0 Å². The molecule has 0 aliphatic heterocycles. The maximum absolute atomic E-state index is 12.1. The monoisotopic (exact) mass is 364 g/mol. The highest BCUT2D eigenvalue weighted by Gasteiger charge is 2.08. The molecule has 0 aliphatic carbocycles. The van der Waals surface area contributed by atoms with E-state index in [2.05, 4.69) is 21.2 Å². The van der Waals surface area contributed by atoms with Crippen molar-refractivity contribution in [1.82, 2.24) is 0 Å². The molecule has 0 radical (unpaired) electrons. The second-order valence-electron chi connectivity index (χ2n) is 4.05. The molecule has 0 heterocycles. The summed E-state index contributed by atoms with van der Waals surface area (Å²) in [5.74, 6) is 0.335. The minimum absolute atomic E-state index is 0.00942. The van der Waals surface area contributed by atoms with E-state index >= 15 is 0 Å². The first-order valence-corrected chi connectivity index (χ1v) is 7.13. The van der Waals surface area contributed by atoms with E-state index < -0.39 is 0 Å². The Morgan fingerprint density at radius 1 is 1.29 bits per heavy atom. The zero-order valence-corrected chi connectivity index (χ0v) is 13.1. The van der Waals surface area contributed by atoms with Gasteiger partial charge in [0.05, 0.1) is 5.02 Å². The SMILES string of the molecule is N#CCOc1ccc(NC(=O)c2ccc(Cl)c(Br)c2)cc1. The Kier molecular flexibility index (Phi) is 5.20. The molecule has 0 atom stereocenters. The molecule has 0 fully saturated rings. The molecule has 21 heavy (non-hydrogen) atoms. The number of rotatable bonds is 4. The average Bonchev–Trinajstić information content (AvgIpc) is 2.49. The van der Waals surface area contributed by atoms with Crippen LogP contribution in [0.2, 0.25) is 5.02 Å². The van der Waals surface area contributed by atoms with Gasteiger partial charge in [0.1, 0.15) is 11.8 Å². The number of nitriles is 1. The van der Waals surface area contributed by atoms with Gasteiger partial charge in [-0.25, -0.2) is 0 Å². The molecule has 1 N–H and O–H groups in total. The van der Waals surface area contributed by atoms with Crippen molar-refractivity contribution < 1.29 is 9.53 Å². The summed E-state index contributed by atoms with van der Waals surface area (Å²) in [6.07, 6.45) is 0. The molecule has 4 nitrogen and oxygen atoms in total. The standard InChI is InChI=1S/C15H10BrClN2O2/c16-13-9-10(1-6-14(13)17)15(20)19-11-2-4-12(5-3-11)21-8-7-18/h1-6,9H,8H2,(H,19,20). The molecule has 0 unspecified atom stereocenters. The van der Waals surface area contributed by atoms with Crippen LogP contribution in [0.25, 0.3) is 0 Å². The first kappa shape index (κ1) is 15.4. The summed E-state index contributed by atoms with van der Waals surface area (Å²) in [5.41, 5.74) is 1.13. The van der Waals surface area contributed by atoms with Gasteiger partial charge in [0.15, 0.2) is 6.61 Å². The van der Waals surface area contributed by atoms with E-state index in [1.165, 1.54) is 0 Å². The van der Waals surface area contributed by atoms with Crippen molar-refractivity contribution in [2.24, 2.45) is 0 Å². The van der Waals surface area contributed by atoms with Crippen LogP contribution in [0, 0.1) is 11.3 Å². The maximum Gasteiger partial charge on any atom is 0.255 e. The molecule has 2 aromatic carbocycles. The van der Waals surface area contributed by atoms with Crippen LogP contribution in [0.4, 0.5) is 5.69 Å². The summed E-state index contributed by atoms with van der Waals surface area (Å²) in [7, 11) is 0. The number of hydrogen-bond acceptors (Lipinski definition) is 3. The lowest BCUT2D eigenvalue weighted by atomic mass is 10.2. The van der Waals surface area contributed by atoms with Gasteiger partial charge in [-0.05, 0) is 58.4 Å². The number of benzene rings is 2. The minimum Gasteiger partial charge on any atom is -0.479 e. The third-order valence-electron chi connectivity index (χ3n) is 2.60. The van der Waals surface area contributed by atoms with E-state index in [1.807, 2.05) is 6.07 Å². The highest BCUT2D eigenvalue weighted by Crippen LogP contribution is 2.24. The minimum atomic E-state index is -0.238. The molecule has 106 valence electrons. The first-order valence-electron chi connectivity index (χ1n) is 5.96. The fourth-order valence-corrected chi connectivity index (χ4v) is 2.09. The summed E-state index contributed by atoms with van der Waals surface area (Å²) in [6, 6.07) is 13.6. The number of carbonyl (C=O) groups is 1. The second kappa shape index (κ2) is 7.11. The van der Waals surface area contributed by atoms with E-state index in [-0.39, 0.29) is 12.5 Å². The van der Waals surface area contributed by atoms with Gasteiger partial charge >= 0.3 is 0 Å². The lowest BCUT2D eigenvalue weighted by Gasteiger charge is -2.07. The number of ether oxygens (including phenoxy) is 1. The molecule has 0 saturated carbocycles. The molecule has 0 saturated heterocycles. The summed E-state index contributed by atoms with van der Waals surface area (Å²) < 4.78 is 5.80. The lowest BCUT2D eigenvalue weighted by molar-refractivity contribution is 0.102. The van der Waals surface area contributed by atoms with Gasteiger partial charge in [-0.1, -0.05) is 11.6 Å². The quantitative estimate of drug-likeness (QED) is 0.880. The van der Waals surface area contributed by atoms with Crippen LogP contribution in [0.5, 0.6) is 5.75 Å². The fraction of sp³-hybridized carbons (Fsp3) is 0.0667. The highest BCUT2D eigenvalue weighted by molar-refractivity contribution is 9.10. The van der Waals surface area contributed by atoms with Crippen molar-refractivity contribution in [3.63, 3.8) is 0 Å². The molecular weight excluding hydrogens is 356 g/mol. The molecule has 0 aromatic heterocycles. The van der Waals surface area contributed by atoms with Gasteiger partial charge < -0.3 is 10.1 Å². The van der Waals surface area contributed by atoms with Crippen LogP contribution in [-0.2, 0) is 0 Å². The van der Waals surface area contributed by atoms with Crippen molar-refractivity contribution in [3.05, 3.63) is 57.5 Å². The third-order valence-corrected chi connectivity index (χ3v) is 3.81. The molecule has 0 spiro atoms.